The Labute approximate surface area is 61.8 Å². The highest BCUT2D eigenvalue weighted by Crippen LogP contribution is 2.04. The predicted molar refractivity (Wildman–Crippen MR) is 34.5 cm³/mol. The molecule has 6 nitrogen and oxygen atoms in total. The van der Waals surface area contributed by atoms with Gasteiger partial charge in [0.2, 0.25) is 0 Å². The Morgan fingerprint density at radius 1 is 1.91 bits per heavy atom. The van der Waals surface area contributed by atoms with Crippen LogP contribution in [0.2, 0.25) is 0 Å². The van der Waals surface area contributed by atoms with Crippen molar-refractivity contribution in [3.8, 4) is 6.07 Å². The van der Waals surface area contributed by atoms with Crippen LogP contribution in [0.25, 0.3) is 0 Å². The Hall–Kier alpha value is -1.90. The first-order valence-corrected chi connectivity index (χ1v) is 2.79. The molecular formula is C5H4N4O2. The van der Waals surface area contributed by atoms with E-state index in [2.05, 4.69) is 5.10 Å². The van der Waals surface area contributed by atoms with E-state index in [-0.39, 0.29) is 12.4 Å². The maximum Gasteiger partial charge on any atom is 0.389 e. The molecule has 0 aliphatic rings. The van der Waals surface area contributed by atoms with E-state index >= 15 is 0 Å². The average Bonchev–Trinajstić information content (AvgIpc) is 2.37. The van der Waals surface area contributed by atoms with Crippen LogP contribution >= 0.6 is 0 Å². The lowest BCUT2D eigenvalue weighted by molar-refractivity contribution is -0.389. The smallest absolute Gasteiger partial charge is 0.358 e. The van der Waals surface area contributed by atoms with Crippen LogP contribution in [0, 0.1) is 21.4 Å². The summed E-state index contributed by atoms with van der Waals surface area (Å²) in [6.45, 7) is 0.0356. The molecule has 0 unspecified atom stereocenters. The molecule has 0 N–H and O–H groups in total. The predicted octanol–water partition coefficient (Wildman–Crippen LogP) is 0.315. The van der Waals surface area contributed by atoms with Crippen molar-refractivity contribution in [3.63, 3.8) is 0 Å². The van der Waals surface area contributed by atoms with E-state index in [0.29, 0.717) is 0 Å². The summed E-state index contributed by atoms with van der Waals surface area (Å²) < 4.78 is 1.21. The molecule has 0 aliphatic heterocycles. The van der Waals surface area contributed by atoms with Gasteiger partial charge < -0.3 is 10.1 Å². The molecule has 0 spiro atoms. The van der Waals surface area contributed by atoms with Gasteiger partial charge in [-0.2, -0.15) is 9.94 Å². The first-order valence-electron chi connectivity index (χ1n) is 2.79. The highest BCUT2D eigenvalue weighted by molar-refractivity contribution is 5.14. The summed E-state index contributed by atoms with van der Waals surface area (Å²) in [4.78, 5) is 9.46. The van der Waals surface area contributed by atoms with Gasteiger partial charge in [-0.1, -0.05) is 0 Å². The fraction of sp³-hybridized carbons (Fsp3) is 0.200. The first-order chi connectivity index (χ1) is 5.24. The number of hydrogen-bond donors (Lipinski definition) is 0. The van der Waals surface area contributed by atoms with E-state index in [1.165, 1.54) is 16.9 Å². The SMILES string of the molecule is N#CCn1ccc([N+](=O)[O-])n1. The number of rotatable bonds is 2. The molecule has 1 heterocycles. The van der Waals surface area contributed by atoms with Gasteiger partial charge in [0.1, 0.15) is 6.54 Å². The monoisotopic (exact) mass is 152 g/mol. The van der Waals surface area contributed by atoms with Crippen LogP contribution in [0.5, 0.6) is 0 Å². The van der Waals surface area contributed by atoms with Crippen LogP contribution in [-0.2, 0) is 6.54 Å². The Kier molecular flexibility index (Phi) is 1.83. The molecule has 0 fully saturated rings. The van der Waals surface area contributed by atoms with Gasteiger partial charge in [0.15, 0.2) is 0 Å². The van der Waals surface area contributed by atoms with Crippen LogP contribution in [0.3, 0.4) is 0 Å². The number of nitriles is 1. The van der Waals surface area contributed by atoms with E-state index in [9.17, 15) is 10.1 Å². The van der Waals surface area contributed by atoms with Crippen LogP contribution in [0.15, 0.2) is 12.3 Å². The fourth-order valence-electron chi connectivity index (χ4n) is 0.609. The van der Waals surface area contributed by atoms with Crippen molar-refractivity contribution >= 4 is 5.82 Å². The third kappa shape index (κ3) is 1.52. The molecule has 0 aromatic carbocycles. The Bertz CT molecular complexity index is 311. The molecule has 0 aliphatic carbocycles. The third-order valence-electron chi connectivity index (χ3n) is 1.05. The summed E-state index contributed by atoms with van der Waals surface area (Å²) in [5, 5.41) is 21.7. The van der Waals surface area contributed by atoms with Crippen LogP contribution in [0.4, 0.5) is 5.82 Å². The second-order valence-corrected chi connectivity index (χ2v) is 1.79. The van der Waals surface area contributed by atoms with Crippen LogP contribution < -0.4 is 0 Å². The summed E-state index contributed by atoms with van der Waals surface area (Å²) >= 11 is 0. The molecule has 1 rings (SSSR count). The third-order valence-corrected chi connectivity index (χ3v) is 1.05. The summed E-state index contributed by atoms with van der Waals surface area (Å²) in [5.41, 5.74) is 0. The number of hydrogen-bond acceptors (Lipinski definition) is 4. The lowest BCUT2D eigenvalue weighted by Crippen LogP contribution is -1.97. The van der Waals surface area contributed by atoms with E-state index in [0.717, 1.165) is 0 Å². The average molecular weight is 152 g/mol. The summed E-state index contributed by atoms with van der Waals surface area (Å²) in [6.07, 6.45) is 1.39. The normalized spacial score (nSPS) is 9.00. The zero-order valence-corrected chi connectivity index (χ0v) is 5.47. The van der Waals surface area contributed by atoms with Gasteiger partial charge in [0.05, 0.1) is 23.4 Å². The minimum atomic E-state index is -0.603. The van der Waals surface area contributed by atoms with E-state index in [1.807, 2.05) is 6.07 Å². The second-order valence-electron chi connectivity index (χ2n) is 1.79. The van der Waals surface area contributed by atoms with Crippen molar-refractivity contribution in [2.75, 3.05) is 0 Å². The summed E-state index contributed by atoms with van der Waals surface area (Å²) in [6, 6.07) is 3.06. The van der Waals surface area contributed by atoms with Crippen molar-refractivity contribution < 1.29 is 4.92 Å². The van der Waals surface area contributed by atoms with Gasteiger partial charge >= 0.3 is 5.82 Å². The van der Waals surface area contributed by atoms with E-state index < -0.39 is 4.92 Å². The number of nitrogens with zero attached hydrogens (tertiary/aromatic N) is 4. The van der Waals surface area contributed by atoms with Gasteiger partial charge in [0.25, 0.3) is 0 Å². The Balaban J connectivity index is 2.83. The van der Waals surface area contributed by atoms with Gasteiger partial charge in [-0.25, -0.2) is 0 Å². The molecule has 56 valence electrons. The number of aromatic nitrogens is 2. The summed E-state index contributed by atoms with van der Waals surface area (Å²) in [7, 11) is 0. The molecule has 1 aromatic heterocycles. The quantitative estimate of drug-likeness (QED) is 0.451. The second kappa shape index (κ2) is 2.79. The van der Waals surface area contributed by atoms with Crippen molar-refractivity contribution in [3.05, 3.63) is 22.4 Å². The summed E-state index contributed by atoms with van der Waals surface area (Å²) in [5.74, 6) is -0.236. The van der Waals surface area contributed by atoms with Gasteiger partial charge in [-0.05, 0) is 4.92 Å². The lowest BCUT2D eigenvalue weighted by atomic mass is 10.6. The molecule has 6 heteroatoms. The maximum absolute atomic E-state index is 10.1. The van der Waals surface area contributed by atoms with E-state index in [1.54, 1.807) is 0 Å². The fourth-order valence-corrected chi connectivity index (χ4v) is 0.609. The zero-order valence-electron chi connectivity index (χ0n) is 5.47. The van der Waals surface area contributed by atoms with Gasteiger partial charge in [0, 0.05) is 0 Å². The van der Waals surface area contributed by atoms with Crippen molar-refractivity contribution in [2.24, 2.45) is 0 Å². The van der Waals surface area contributed by atoms with E-state index in [4.69, 9.17) is 5.26 Å². The number of nitro groups is 1. The zero-order chi connectivity index (χ0) is 8.27. The van der Waals surface area contributed by atoms with Crippen LogP contribution in [0.1, 0.15) is 0 Å². The topological polar surface area (TPSA) is 84.8 Å². The van der Waals surface area contributed by atoms with Crippen molar-refractivity contribution in [1.82, 2.24) is 9.78 Å². The highest BCUT2D eigenvalue weighted by Gasteiger charge is 2.09. The molecule has 11 heavy (non-hydrogen) atoms. The molecule has 0 atom stereocenters. The molecule has 0 amide bonds. The molecule has 1 aromatic rings. The first kappa shape index (κ1) is 7.21. The minimum Gasteiger partial charge on any atom is -0.358 e. The standard InChI is InChI=1S/C5H4N4O2/c6-2-4-8-3-1-5(7-8)9(10)11/h1,3H,4H2. The molecule has 0 saturated carbocycles. The molecular weight excluding hydrogens is 148 g/mol. The van der Waals surface area contributed by atoms with Crippen LogP contribution in [-0.4, -0.2) is 14.7 Å². The van der Waals surface area contributed by atoms with Crippen molar-refractivity contribution in [1.29, 1.82) is 5.26 Å². The largest absolute Gasteiger partial charge is 0.389 e. The Morgan fingerprint density at radius 2 is 2.64 bits per heavy atom. The Morgan fingerprint density at radius 3 is 3.09 bits per heavy atom. The van der Waals surface area contributed by atoms with Gasteiger partial charge in [-0.15, -0.1) is 0 Å². The lowest BCUT2D eigenvalue weighted by Gasteiger charge is -1.83. The highest BCUT2D eigenvalue weighted by atomic mass is 16.6. The molecule has 0 radical (unpaired) electrons. The van der Waals surface area contributed by atoms with Gasteiger partial charge in [-0.3, -0.25) is 0 Å². The van der Waals surface area contributed by atoms with Crippen molar-refractivity contribution in [2.45, 2.75) is 6.54 Å². The minimum absolute atomic E-state index is 0.0356. The maximum atomic E-state index is 10.1. The molecule has 0 saturated heterocycles. The molecule has 0 bridgehead atoms.